The van der Waals surface area contributed by atoms with Crippen LogP contribution in [0.5, 0.6) is 5.75 Å². The number of amides is 1. The van der Waals surface area contributed by atoms with Gasteiger partial charge in [0.05, 0.1) is 12.1 Å². The van der Waals surface area contributed by atoms with Gasteiger partial charge in [0.2, 0.25) is 0 Å². The fraction of sp³-hybridized carbons (Fsp3) is 0.235. The molecule has 0 saturated heterocycles. The molecule has 0 bridgehead atoms. The number of hydrogen-bond donors (Lipinski definition) is 1. The van der Waals surface area contributed by atoms with Crippen molar-refractivity contribution in [2.75, 3.05) is 6.54 Å². The van der Waals surface area contributed by atoms with E-state index in [1.54, 1.807) is 0 Å². The Morgan fingerprint density at radius 1 is 1.12 bits per heavy atom. The van der Waals surface area contributed by atoms with Crippen LogP contribution in [0.4, 0.5) is 22.0 Å². The average Bonchev–Trinajstić information content (AvgIpc) is 2.93. The first-order chi connectivity index (χ1) is 11.7. The van der Waals surface area contributed by atoms with Crippen molar-refractivity contribution in [2.45, 2.75) is 18.7 Å². The molecule has 0 aliphatic carbocycles. The van der Waals surface area contributed by atoms with Crippen molar-refractivity contribution in [3.8, 4) is 5.75 Å². The summed E-state index contributed by atoms with van der Waals surface area (Å²) in [5, 5.41) is 2.40. The van der Waals surface area contributed by atoms with E-state index in [2.05, 4.69) is 5.32 Å². The molecule has 1 aliphatic rings. The number of ether oxygens (including phenoxy) is 1. The summed E-state index contributed by atoms with van der Waals surface area (Å²) < 4.78 is 70.0. The van der Waals surface area contributed by atoms with Crippen LogP contribution in [0.1, 0.15) is 21.5 Å². The van der Waals surface area contributed by atoms with E-state index >= 15 is 0 Å². The van der Waals surface area contributed by atoms with Gasteiger partial charge in [0, 0.05) is 17.5 Å². The minimum Gasteiger partial charge on any atom is -0.488 e. The highest BCUT2D eigenvalue weighted by molar-refractivity contribution is 5.94. The van der Waals surface area contributed by atoms with E-state index in [1.807, 2.05) is 0 Å². The van der Waals surface area contributed by atoms with Crippen molar-refractivity contribution in [3.05, 3.63) is 64.7 Å². The number of alkyl halides is 3. The summed E-state index contributed by atoms with van der Waals surface area (Å²) in [5.74, 6) is -1.92. The molecule has 0 aromatic heterocycles. The van der Waals surface area contributed by atoms with Crippen molar-refractivity contribution < 1.29 is 31.5 Å². The van der Waals surface area contributed by atoms with E-state index < -0.39 is 40.9 Å². The minimum atomic E-state index is -4.75. The quantitative estimate of drug-likeness (QED) is 0.851. The molecule has 1 N–H and O–H groups in total. The number of hydrogen-bond acceptors (Lipinski definition) is 2. The van der Waals surface area contributed by atoms with E-state index in [0.717, 1.165) is 6.07 Å². The molecule has 3 nitrogen and oxygen atoms in total. The summed E-state index contributed by atoms with van der Waals surface area (Å²) in [7, 11) is 0. The van der Waals surface area contributed by atoms with E-state index in [0.29, 0.717) is 29.9 Å². The maximum atomic E-state index is 13.3. The molecule has 0 saturated carbocycles. The lowest BCUT2D eigenvalue weighted by Crippen LogP contribution is -2.34. The van der Waals surface area contributed by atoms with Crippen LogP contribution in [0.3, 0.4) is 0 Å². The number of carbonyl (C=O) groups is 1. The van der Waals surface area contributed by atoms with Gasteiger partial charge in [-0.05, 0) is 36.4 Å². The highest BCUT2D eigenvalue weighted by Crippen LogP contribution is 2.31. The van der Waals surface area contributed by atoms with Gasteiger partial charge in [0.25, 0.3) is 5.91 Å². The lowest BCUT2D eigenvalue weighted by atomic mass is 10.1. The second-order valence-electron chi connectivity index (χ2n) is 5.63. The predicted octanol–water partition coefficient (Wildman–Crippen LogP) is 3.72. The third-order valence-corrected chi connectivity index (χ3v) is 3.74. The highest BCUT2D eigenvalue weighted by atomic mass is 19.4. The van der Waals surface area contributed by atoms with Gasteiger partial charge in [0.1, 0.15) is 23.5 Å². The lowest BCUT2D eigenvalue weighted by Gasteiger charge is -2.13. The van der Waals surface area contributed by atoms with Crippen molar-refractivity contribution in [3.63, 3.8) is 0 Å². The molecule has 0 radical (unpaired) electrons. The summed E-state index contributed by atoms with van der Waals surface area (Å²) >= 11 is 0. The number of fused-ring (bicyclic) bond motifs is 1. The van der Waals surface area contributed by atoms with Crippen LogP contribution < -0.4 is 10.1 Å². The summed E-state index contributed by atoms with van der Waals surface area (Å²) in [6.45, 7) is -0.00695. The second-order valence-corrected chi connectivity index (χ2v) is 5.63. The second kappa shape index (κ2) is 6.34. The summed E-state index contributed by atoms with van der Waals surface area (Å²) in [5.41, 5.74) is -1.03. The fourth-order valence-electron chi connectivity index (χ4n) is 2.60. The minimum absolute atomic E-state index is 0.00695. The molecule has 1 atom stereocenters. The Labute approximate surface area is 139 Å². The Balaban J connectivity index is 1.65. The topological polar surface area (TPSA) is 38.3 Å². The molecule has 2 aromatic carbocycles. The van der Waals surface area contributed by atoms with Crippen LogP contribution in [0, 0.1) is 11.6 Å². The van der Waals surface area contributed by atoms with Crippen molar-refractivity contribution in [1.29, 1.82) is 0 Å². The largest absolute Gasteiger partial charge is 0.488 e. The molecule has 1 heterocycles. The molecule has 0 spiro atoms. The van der Waals surface area contributed by atoms with E-state index in [9.17, 15) is 26.7 Å². The van der Waals surface area contributed by atoms with Gasteiger partial charge in [-0.1, -0.05) is 0 Å². The molecular formula is C17H12F5NO2. The normalized spacial score (nSPS) is 16.3. The monoisotopic (exact) mass is 357 g/mol. The van der Waals surface area contributed by atoms with E-state index in [-0.39, 0.29) is 6.54 Å². The van der Waals surface area contributed by atoms with Crippen LogP contribution in [0.25, 0.3) is 0 Å². The van der Waals surface area contributed by atoms with E-state index in [4.69, 9.17) is 4.74 Å². The van der Waals surface area contributed by atoms with E-state index in [1.165, 1.54) is 18.2 Å². The first kappa shape index (κ1) is 17.2. The third kappa shape index (κ3) is 3.89. The molecule has 0 fully saturated rings. The van der Waals surface area contributed by atoms with Crippen LogP contribution in [-0.2, 0) is 12.6 Å². The standard InChI is InChI=1S/C17H12F5NO2/c18-12-1-2-15-9(4-12)6-14(25-15)8-23-16(24)10-3-11(17(20,21)22)7-13(19)5-10/h1-5,7,14H,6,8H2,(H,23,24)/t14-/m1/s1. The Hall–Kier alpha value is -2.64. The van der Waals surface area contributed by atoms with Crippen molar-refractivity contribution in [2.24, 2.45) is 0 Å². The molecular weight excluding hydrogens is 345 g/mol. The smallest absolute Gasteiger partial charge is 0.416 e. The molecule has 8 heteroatoms. The summed E-state index contributed by atoms with van der Waals surface area (Å²) in [6.07, 6.45) is -4.88. The maximum absolute atomic E-state index is 13.3. The molecule has 3 rings (SSSR count). The summed E-state index contributed by atoms with van der Waals surface area (Å²) in [6, 6.07) is 5.66. The zero-order valence-electron chi connectivity index (χ0n) is 12.7. The van der Waals surface area contributed by atoms with Gasteiger partial charge in [-0.3, -0.25) is 4.79 Å². The molecule has 25 heavy (non-hydrogen) atoms. The highest BCUT2D eigenvalue weighted by Gasteiger charge is 2.32. The third-order valence-electron chi connectivity index (χ3n) is 3.74. The van der Waals surface area contributed by atoms with Crippen molar-refractivity contribution >= 4 is 5.91 Å². The van der Waals surface area contributed by atoms with Gasteiger partial charge < -0.3 is 10.1 Å². The Morgan fingerprint density at radius 2 is 1.88 bits per heavy atom. The molecule has 0 unspecified atom stereocenters. The zero-order valence-corrected chi connectivity index (χ0v) is 12.7. The van der Waals surface area contributed by atoms with Gasteiger partial charge >= 0.3 is 6.18 Å². The van der Waals surface area contributed by atoms with Crippen LogP contribution >= 0.6 is 0 Å². The first-order valence-corrected chi connectivity index (χ1v) is 7.33. The average molecular weight is 357 g/mol. The van der Waals surface area contributed by atoms with Gasteiger partial charge in [-0.25, -0.2) is 8.78 Å². The SMILES string of the molecule is O=C(NC[C@H]1Cc2cc(F)ccc2O1)c1cc(F)cc(C(F)(F)F)c1. The van der Waals surface area contributed by atoms with Crippen LogP contribution in [-0.4, -0.2) is 18.6 Å². The molecule has 1 aliphatic heterocycles. The van der Waals surface area contributed by atoms with Crippen LogP contribution in [0.15, 0.2) is 36.4 Å². The molecule has 132 valence electrons. The number of halogens is 5. The summed E-state index contributed by atoms with van der Waals surface area (Å²) in [4.78, 5) is 12.0. The number of carbonyl (C=O) groups excluding carboxylic acids is 1. The predicted molar refractivity (Wildman–Crippen MR) is 78.3 cm³/mol. The van der Waals surface area contributed by atoms with Gasteiger partial charge in [-0.2, -0.15) is 13.2 Å². The Kier molecular flexibility index (Phi) is 4.36. The Morgan fingerprint density at radius 3 is 2.60 bits per heavy atom. The number of rotatable bonds is 3. The van der Waals surface area contributed by atoms with Crippen molar-refractivity contribution in [1.82, 2.24) is 5.32 Å². The first-order valence-electron chi connectivity index (χ1n) is 7.33. The number of nitrogens with one attached hydrogen (secondary N) is 1. The van der Waals surface area contributed by atoms with Crippen LogP contribution in [0.2, 0.25) is 0 Å². The van der Waals surface area contributed by atoms with Gasteiger partial charge in [-0.15, -0.1) is 0 Å². The fourth-order valence-corrected chi connectivity index (χ4v) is 2.60. The molecule has 2 aromatic rings. The zero-order chi connectivity index (χ0) is 18.2. The maximum Gasteiger partial charge on any atom is 0.416 e. The Bertz CT molecular complexity index is 819. The molecule has 1 amide bonds. The number of benzene rings is 2. The lowest BCUT2D eigenvalue weighted by molar-refractivity contribution is -0.137. The van der Waals surface area contributed by atoms with Gasteiger partial charge in [0.15, 0.2) is 0 Å².